The van der Waals surface area contributed by atoms with E-state index in [0.717, 1.165) is 37.9 Å². The SMILES string of the molecule is CC(C)(CN1CCCC1/C=C/SNC(=O)Nc1c2c(cc3c1CCC3)CCC2)N1CCCC1. The molecule has 180 valence electrons. The van der Waals surface area contributed by atoms with Crippen LogP contribution in [0, 0.1) is 0 Å². The Bertz CT molecular complexity index is 874. The number of rotatable bonds is 7. The van der Waals surface area contributed by atoms with Crippen LogP contribution in [0.3, 0.4) is 0 Å². The lowest BCUT2D eigenvalue weighted by atomic mass is 9.99. The number of carbonyl (C=O) groups is 1. The van der Waals surface area contributed by atoms with Gasteiger partial charge in [-0.3, -0.25) is 14.5 Å². The number of fused-ring (bicyclic) bond motifs is 2. The van der Waals surface area contributed by atoms with Crippen LogP contribution in [0.2, 0.25) is 0 Å². The van der Waals surface area contributed by atoms with Gasteiger partial charge in [-0.05, 0) is 137 Å². The standard InChI is InChI=1S/C27H40N4OS/c1-27(2,31-15-3-4-16-31)19-30-14-7-10-22(30)13-17-33-29-26(32)28-25-23-11-5-8-20(23)18-21-9-6-12-24(21)25/h13,17-18,22H,3-12,14-16,19H2,1-2H3,(H2,28,29,32)/b17-13+. The summed E-state index contributed by atoms with van der Waals surface area (Å²) in [7, 11) is 0. The molecular weight excluding hydrogens is 428 g/mol. The third-order valence-corrected chi connectivity index (χ3v) is 8.79. The summed E-state index contributed by atoms with van der Waals surface area (Å²) in [6, 6.07) is 2.78. The summed E-state index contributed by atoms with van der Waals surface area (Å²) in [5.74, 6) is 0. The van der Waals surface area contributed by atoms with E-state index >= 15 is 0 Å². The summed E-state index contributed by atoms with van der Waals surface area (Å²) in [6.45, 7) is 9.57. The van der Waals surface area contributed by atoms with Gasteiger partial charge < -0.3 is 5.32 Å². The summed E-state index contributed by atoms with van der Waals surface area (Å²) in [6.07, 6.45) is 14.3. The summed E-state index contributed by atoms with van der Waals surface area (Å²) in [5.41, 5.74) is 7.02. The molecule has 33 heavy (non-hydrogen) atoms. The minimum absolute atomic E-state index is 0.0995. The highest BCUT2D eigenvalue weighted by atomic mass is 32.2. The summed E-state index contributed by atoms with van der Waals surface area (Å²) in [5, 5.41) is 5.30. The van der Waals surface area contributed by atoms with Crippen molar-refractivity contribution in [1.29, 1.82) is 0 Å². The number of hydrogen-bond donors (Lipinski definition) is 2. The largest absolute Gasteiger partial charge is 0.329 e. The molecule has 0 bridgehead atoms. The molecule has 2 heterocycles. The molecule has 2 amide bonds. The van der Waals surface area contributed by atoms with Crippen LogP contribution in [0.1, 0.15) is 74.6 Å². The van der Waals surface area contributed by atoms with Crippen LogP contribution in [0.4, 0.5) is 10.5 Å². The van der Waals surface area contributed by atoms with Crippen LogP contribution in [-0.4, -0.2) is 53.6 Å². The fourth-order valence-corrected chi connectivity index (χ4v) is 7.00. The highest BCUT2D eigenvalue weighted by molar-refractivity contribution is 8.00. The minimum Gasteiger partial charge on any atom is -0.307 e. The van der Waals surface area contributed by atoms with Gasteiger partial charge in [-0.2, -0.15) is 0 Å². The lowest BCUT2D eigenvalue weighted by molar-refractivity contribution is 0.0970. The van der Waals surface area contributed by atoms with Crippen molar-refractivity contribution < 1.29 is 4.79 Å². The number of carbonyl (C=O) groups excluding carboxylic acids is 1. The van der Waals surface area contributed by atoms with Gasteiger partial charge in [-0.1, -0.05) is 12.1 Å². The monoisotopic (exact) mass is 468 g/mol. The van der Waals surface area contributed by atoms with Crippen LogP contribution < -0.4 is 10.0 Å². The first-order valence-corrected chi connectivity index (χ1v) is 13.9. The molecular formula is C27H40N4OS. The van der Waals surface area contributed by atoms with Gasteiger partial charge in [0.05, 0.1) is 0 Å². The molecule has 1 aromatic rings. The van der Waals surface area contributed by atoms with Gasteiger partial charge in [0.15, 0.2) is 0 Å². The predicted molar refractivity (Wildman–Crippen MR) is 139 cm³/mol. The smallest absolute Gasteiger partial charge is 0.307 e. The van der Waals surface area contributed by atoms with Gasteiger partial charge >= 0.3 is 6.03 Å². The average Bonchev–Trinajstić information content (AvgIpc) is 3.58. The van der Waals surface area contributed by atoms with Crippen molar-refractivity contribution in [2.45, 2.75) is 89.6 Å². The van der Waals surface area contributed by atoms with Crippen molar-refractivity contribution in [3.05, 3.63) is 39.8 Å². The van der Waals surface area contributed by atoms with E-state index in [0.29, 0.717) is 6.04 Å². The van der Waals surface area contributed by atoms with Crippen molar-refractivity contribution in [1.82, 2.24) is 14.5 Å². The quantitative estimate of drug-likeness (QED) is 0.534. The Morgan fingerprint density at radius 2 is 1.73 bits per heavy atom. The zero-order valence-corrected chi connectivity index (χ0v) is 21.2. The van der Waals surface area contributed by atoms with Crippen LogP contribution in [0.5, 0.6) is 0 Å². The number of hydrogen-bond acceptors (Lipinski definition) is 4. The molecule has 0 spiro atoms. The van der Waals surface area contributed by atoms with Gasteiger partial charge in [0.2, 0.25) is 0 Å². The number of nitrogens with one attached hydrogen (secondary N) is 2. The topological polar surface area (TPSA) is 47.6 Å². The Morgan fingerprint density at radius 1 is 1.03 bits per heavy atom. The highest BCUT2D eigenvalue weighted by Gasteiger charge is 2.34. The molecule has 1 unspecified atom stereocenters. The molecule has 6 heteroatoms. The molecule has 0 aromatic heterocycles. The number of urea groups is 1. The van der Waals surface area contributed by atoms with E-state index in [1.54, 1.807) is 0 Å². The first kappa shape index (κ1) is 23.3. The highest BCUT2D eigenvalue weighted by Crippen LogP contribution is 2.38. The Hall–Kier alpha value is -1.50. The van der Waals surface area contributed by atoms with Crippen molar-refractivity contribution in [2.24, 2.45) is 0 Å². The molecule has 1 atom stereocenters. The van der Waals surface area contributed by atoms with E-state index in [-0.39, 0.29) is 11.6 Å². The van der Waals surface area contributed by atoms with Crippen LogP contribution >= 0.6 is 11.9 Å². The molecule has 2 N–H and O–H groups in total. The second-order valence-electron chi connectivity index (χ2n) is 10.9. The first-order valence-electron chi connectivity index (χ1n) is 13.1. The first-order chi connectivity index (χ1) is 16.0. The number of nitrogens with zero attached hydrogens (tertiary/aromatic N) is 2. The van der Waals surface area contributed by atoms with E-state index in [1.165, 1.54) is 92.4 Å². The predicted octanol–water partition coefficient (Wildman–Crippen LogP) is 5.29. The van der Waals surface area contributed by atoms with Gasteiger partial charge in [0, 0.05) is 23.8 Å². The van der Waals surface area contributed by atoms with Crippen molar-refractivity contribution in [2.75, 3.05) is 31.5 Å². The van der Waals surface area contributed by atoms with E-state index in [2.05, 4.69) is 51.2 Å². The Labute approximate surface area is 203 Å². The second kappa shape index (κ2) is 10.0. The van der Waals surface area contributed by atoms with E-state index in [9.17, 15) is 4.79 Å². The Kier molecular flexibility index (Phi) is 7.05. The number of likely N-dealkylation sites (tertiary alicyclic amines) is 2. The summed E-state index contributed by atoms with van der Waals surface area (Å²) < 4.78 is 3.00. The molecule has 0 radical (unpaired) electrons. The Morgan fingerprint density at radius 3 is 2.42 bits per heavy atom. The normalized spacial score (nSPS) is 23.4. The van der Waals surface area contributed by atoms with E-state index in [4.69, 9.17) is 0 Å². The number of anilines is 1. The zero-order valence-electron chi connectivity index (χ0n) is 20.4. The molecule has 2 saturated heterocycles. The summed E-state index contributed by atoms with van der Waals surface area (Å²) >= 11 is 1.40. The number of amides is 2. The van der Waals surface area contributed by atoms with E-state index in [1.807, 2.05) is 0 Å². The maximum atomic E-state index is 12.7. The lowest BCUT2D eigenvalue weighted by Crippen LogP contribution is -2.51. The Balaban J connectivity index is 1.14. The maximum Gasteiger partial charge on any atom is 0.329 e. The second-order valence-corrected chi connectivity index (χ2v) is 11.6. The third kappa shape index (κ3) is 5.13. The van der Waals surface area contributed by atoms with Gasteiger partial charge in [-0.15, -0.1) is 0 Å². The fraction of sp³-hybridized carbons (Fsp3) is 0.667. The zero-order chi connectivity index (χ0) is 22.8. The average molecular weight is 469 g/mol. The molecule has 2 aliphatic carbocycles. The van der Waals surface area contributed by atoms with Gasteiger partial charge in [-0.25, -0.2) is 4.79 Å². The van der Waals surface area contributed by atoms with Crippen LogP contribution in [-0.2, 0) is 25.7 Å². The van der Waals surface area contributed by atoms with E-state index < -0.39 is 0 Å². The maximum absolute atomic E-state index is 12.7. The van der Waals surface area contributed by atoms with Crippen LogP contribution in [0.15, 0.2) is 17.6 Å². The minimum atomic E-state index is -0.0995. The number of benzene rings is 1. The van der Waals surface area contributed by atoms with Crippen molar-refractivity contribution in [3.8, 4) is 0 Å². The van der Waals surface area contributed by atoms with Crippen molar-refractivity contribution in [3.63, 3.8) is 0 Å². The van der Waals surface area contributed by atoms with Crippen LogP contribution in [0.25, 0.3) is 0 Å². The summed E-state index contributed by atoms with van der Waals surface area (Å²) in [4.78, 5) is 18.0. The van der Waals surface area contributed by atoms with Gasteiger partial charge in [0.25, 0.3) is 0 Å². The third-order valence-electron chi connectivity index (χ3n) is 8.20. The molecule has 2 fully saturated rings. The molecule has 0 saturated carbocycles. The molecule has 5 nitrogen and oxygen atoms in total. The molecule has 4 aliphatic rings. The fourth-order valence-electron chi connectivity index (χ4n) is 6.51. The molecule has 2 aliphatic heterocycles. The van der Waals surface area contributed by atoms with Gasteiger partial charge in [0.1, 0.15) is 0 Å². The number of aryl methyl sites for hydroxylation is 2. The molecule has 1 aromatic carbocycles. The molecule has 5 rings (SSSR count). The lowest BCUT2D eigenvalue weighted by Gasteiger charge is -2.40. The van der Waals surface area contributed by atoms with Crippen molar-refractivity contribution >= 4 is 23.7 Å².